The molecule has 0 bridgehead atoms. The fourth-order valence-corrected chi connectivity index (χ4v) is 2.72. The molecule has 2 aliphatic heterocycles. The van der Waals surface area contributed by atoms with E-state index in [2.05, 4.69) is 17.1 Å². The van der Waals surface area contributed by atoms with Crippen LogP contribution in [0.3, 0.4) is 0 Å². The number of nitrogens with zero attached hydrogens (tertiary/aromatic N) is 1. The SMILES string of the molecule is CC(CN1CCCC1)NCC1CCCCO1. The van der Waals surface area contributed by atoms with E-state index in [-0.39, 0.29) is 0 Å². The molecule has 0 spiro atoms. The minimum absolute atomic E-state index is 0.467. The van der Waals surface area contributed by atoms with Crippen LogP contribution in [0.4, 0.5) is 0 Å². The molecule has 3 nitrogen and oxygen atoms in total. The first-order chi connectivity index (χ1) is 7.84. The summed E-state index contributed by atoms with van der Waals surface area (Å²) in [6.45, 7) is 8.09. The van der Waals surface area contributed by atoms with E-state index in [1.165, 1.54) is 51.7 Å². The van der Waals surface area contributed by atoms with Gasteiger partial charge in [-0.05, 0) is 52.1 Å². The lowest BCUT2D eigenvalue weighted by Crippen LogP contribution is -2.42. The number of nitrogens with one attached hydrogen (secondary N) is 1. The van der Waals surface area contributed by atoms with Crippen molar-refractivity contribution in [1.82, 2.24) is 10.2 Å². The van der Waals surface area contributed by atoms with Gasteiger partial charge in [0.15, 0.2) is 0 Å². The minimum Gasteiger partial charge on any atom is -0.377 e. The maximum absolute atomic E-state index is 5.72. The van der Waals surface area contributed by atoms with E-state index >= 15 is 0 Å². The summed E-state index contributed by atoms with van der Waals surface area (Å²) in [7, 11) is 0. The normalized spacial score (nSPS) is 29.4. The molecule has 0 aromatic rings. The Morgan fingerprint density at radius 3 is 2.75 bits per heavy atom. The zero-order chi connectivity index (χ0) is 11.2. The summed E-state index contributed by atoms with van der Waals surface area (Å²) >= 11 is 0. The minimum atomic E-state index is 0.467. The molecular formula is C13H26N2O. The smallest absolute Gasteiger partial charge is 0.0699 e. The summed E-state index contributed by atoms with van der Waals surface area (Å²) in [6, 6.07) is 0.601. The Morgan fingerprint density at radius 1 is 1.25 bits per heavy atom. The Kier molecular flexibility index (Phi) is 5.07. The lowest BCUT2D eigenvalue weighted by molar-refractivity contribution is 0.0151. The van der Waals surface area contributed by atoms with Crippen LogP contribution in [0.15, 0.2) is 0 Å². The van der Waals surface area contributed by atoms with E-state index in [9.17, 15) is 0 Å². The molecule has 2 unspecified atom stereocenters. The summed E-state index contributed by atoms with van der Waals surface area (Å²) in [5, 5.41) is 3.61. The van der Waals surface area contributed by atoms with E-state index in [1.54, 1.807) is 0 Å². The van der Waals surface area contributed by atoms with E-state index in [0.29, 0.717) is 12.1 Å². The highest BCUT2D eigenvalue weighted by molar-refractivity contribution is 4.74. The second kappa shape index (κ2) is 6.58. The summed E-state index contributed by atoms with van der Waals surface area (Å²) in [5.74, 6) is 0. The van der Waals surface area contributed by atoms with Gasteiger partial charge < -0.3 is 15.0 Å². The molecule has 94 valence electrons. The van der Waals surface area contributed by atoms with Gasteiger partial charge in [0.1, 0.15) is 0 Å². The van der Waals surface area contributed by atoms with Gasteiger partial charge in [-0.1, -0.05) is 0 Å². The maximum atomic E-state index is 5.72. The number of rotatable bonds is 5. The number of ether oxygens (including phenoxy) is 1. The van der Waals surface area contributed by atoms with Crippen LogP contribution in [-0.2, 0) is 4.74 Å². The third-order valence-electron chi connectivity index (χ3n) is 3.70. The zero-order valence-electron chi connectivity index (χ0n) is 10.6. The van der Waals surface area contributed by atoms with Crippen molar-refractivity contribution in [2.45, 2.75) is 51.2 Å². The van der Waals surface area contributed by atoms with Crippen LogP contribution in [0.25, 0.3) is 0 Å². The van der Waals surface area contributed by atoms with E-state index < -0.39 is 0 Å². The number of likely N-dealkylation sites (tertiary alicyclic amines) is 1. The Morgan fingerprint density at radius 2 is 2.06 bits per heavy atom. The Labute approximate surface area is 99.5 Å². The number of hydrogen-bond acceptors (Lipinski definition) is 3. The van der Waals surface area contributed by atoms with Crippen LogP contribution < -0.4 is 5.32 Å². The predicted molar refractivity (Wildman–Crippen MR) is 66.7 cm³/mol. The van der Waals surface area contributed by atoms with Crippen molar-refractivity contribution in [1.29, 1.82) is 0 Å². The van der Waals surface area contributed by atoms with Crippen molar-refractivity contribution in [2.24, 2.45) is 0 Å². The molecular weight excluding hydrogens is 200 g/mol. The third kappa shape index (κ3) is 4.04. The largest absolute Gasteiger partial charge is 0.377 e. The van der Waals surface area contributed by atoms with Gasteiger partial charge in [-0.25, -0.2) is 0 Å². The van der Waals surface area contributed by atoms with Crippen LogP contribution in [0, 0.1) is 0 Å². The van der Waals surface area contributed by atoms with Gasteiger partial charge in [0.2, 0.25) is 0 Å². The second-order valence-electron chi connectivity index (χ2n) is 5.31. The van der Waals surface area contributed by atoms with E-state index in [0.717, 1.165) is 13.2 Å². The summed E-state index contributed by atoms with van der Waals surface area (Å²) in [5.41, 5.74) is 0. The predicted octanol–water partition coefficient (Wildman–Crippen LogP) is 1.63. The fraction of sp³-hybridized carbons (Fsp3) is 1.00. The van der Waals surface area contributed by atoms with Gasteiger partial charge in [-0.2, -0.15) is 0 Å². The third-order valence-corrected chi connectivity index (χ3v) is 3.70. The van der Waals surface area contributed by atoms with E-state index in [1.807, 2.05) is 0 Å². The molecule has 2 atom stereocenters. The van der Waals surface area contributed by atoms with Crippen molar-refractivity contribution in [2.75, 3.05) is 32.8 Å². The highest BCUT2D eigenvalue weighted by Crippen LogP contribution is 2.12. The lowest BCUT2D eigenvalue weighted by Gasteiger charge is -2.26. The van der Waals surface area contributed by atoms with Gasteiger partial charge in [0, 0.05) is 25.7 Å². The molecule has 0 aliphatic carbocycles. The highest BCUT2D eigenvalue weighted by atomic mass is 16.5. The van der Waals surface area contributed by atoms with Crippen LogP contribution in [0.5, 0.6) is 0 Å². The average Bonchev–Trinajstić information content (AvgIpc) is 2.81. The van der Waals surface area contributed by atoms with Gasteiger partial charge in [0.05, 0.1) is 6.10 Å². The molecule has 3 heteroatoms. The highest BCUT2D eigenvalue weighted by Gasteiger charge is 2.17. The first-order valence-corrected chi connectivity index (χ1v) is 6.92. The quantitative estimate of drug-likeness (QED) is 0.771. The molecule has 0 saturated carbocycles. The average molecular weight is 226 g/mol. The van der Waals surface area contributed by atoms with Crippen molar-refractivity contribution in [3.8, 4) is 0 Å². The topological polar surface area (TPSA) is 24.5 Å². The molecule has 2 heterocycles. The molecule has 0 aromatic carbocycles. The summed E-state index contributed by atoms with van der Waals surface area (Å²) in [6.07, 6.45) is 7.07. The van der Waals surface area contributed by atoms with Crippen molar-refractivity contribution >= 4 is 0 Å². The van der Waals surface area contributed by atoms with Crippen molar-refractivity contribution in [3.63, 3.8) is 0 Å². The van der Waals surface area contributed by atoms with Crippen LogP contribution in [0.1, 0.15) is 39.0 Å². The Balaban J connectivity index is 1.57. The zero-order valence-corrected chi connectivity index (χ0v) is 10.6. The summed E-state index contributed by atoms with van der Waals surface area (Å²) in [4.78, 5) is 2.57. The molecule has 1 N–H and O–H groups in total. The van der Waals surface area contributed by atoms with Crippen molar-refractivity contribution < 1.29 is 4.74 Å². The Hall–Kier alpha value is -0.120. The first-order valence-electron chi connectivity index (χ1n) is 6.92. The molecule has 2 fully saturated rings. The fourth-order valence-electron chi connectivity index (χ4n) is 2.72. The molecule has 2 rings (SSSR count). The second-order valence-corrected chi connectivity index (χ2v) is 5.31. The lowest BCUT2D eigenvalue weighted by atomic mass is 10.1. The maximum Gasteiger partial charge on any atom is 0.0699 e. The molecule has 0 amide bonds. The molecule has 16 heavy (non-hydrogen) atoms. The standard InChI is InChI=1S/C13H26N2O/c1-12(11-15-7-3-4-8-15)14-10-13-6-2-5-9-16-13/h12-14H,2-11H2,1H3. The van der Waals surface area contributed by atoms with Crippen LogP contribution in [-0.4, -0.2) is 49.8 Å². The first kappa shape index (κ1) is 12.3. The van der Waals surface area contributed by atoms with E-state index in [4.69, 9.17) is 4.74 Å². The van der Waals surface area contributed by atoms with Crippen LogP contribution >= 0.6 is 0 Å². The Bertz CT molecular complexity index is 186. The van der Waals surface area contributed by atoms with Gasteiger partial charge in [0.25, 0.3) is 0 Å². The number of hydrogen-bond donors (Lipinski definition) is 1. The molecule has 0 aromatic heterocycles. The monoisotopic (exact) mass is 226 g/mol. The van der Waals surface area contributed by atoms with Crippen LogP contribution in [0.2, 0.25) is 0 Å². The summed E-state index contributed by atoms with van der Waals surface area (Å²) < 4.78 is 5.72. The van der Waals surface area contributed by atoms with Gasteiger partial charge >= 0.3 is 0 Å². The molecule has 2 aliphatic rings. The van der Waals surface area contributed by atoms with Gasteiger partial charge in [-0.15, -0.1) is 0 Å². The molecule has 2 saturated heterocycles. The molecule has 0 radical (unpaired) electrons. The van der Waals surface area contributed by atoms with Crippen molar-refractivity contribution in [3.05, 3.63) is 0 Å². The van der Waals surface area contributed by atoms with Gasteiger partial charge in [-0.3, -0.25) is 0 Å².